The standard InChI is InChI=1S/C39H26N4/c1-3-9-32-23-26(14-15-27(32)7-1)24-36-41-38(43-39(42-36)34-21-16-28-8-2-4-10-33(28)25-34)31-19-17-29(18-20-31)35-13-5-11-30-12-6-22-40-37(30)35/h1-23,25H,24H2. The van der Waals surface area contributed by atoms with E-state index in [0.717, 1.165) is 44.4 Å². The van der Waals surface area contributed by atoms with Gasteiger partial charge in [0.25, 0.3) is 0 Å². The van der Waals surface area contributed by atoms with Gasteiger partial charge < -0.3 is 0 Å². The molecule has 0 N–H and O–H groups in total. The van der Waals surface area contributed by atoms with Gasteiger partial charge >= 0.3 is 0 Å². The summed E-state index contributed by atoms with van der Waals surface area (Å²) in [6.07, 6.45) is 2.46. The van der Waals surface area contributed by atoms with E-state index in [1.165, 1.54) is 21.7 Å². The molecule has 0 unspecified atom stereocenters. The minimum Gasteiger partial charge on any atom is -0.256 e. The highest BCUT2D eigenvalue weighted by atomic mass is 15.0. The van der Waals surface area contributed by atoms with Crippen molar-refractivity contribution < 1.29 is 0 Å². The lowest BCUT2D eigenvalue weighted by atomic mass is 10.0. The van der Waals surface area contributed by atoms with E-state index in [4.69, 9.17) is 15.0 Å². The van der Waals surface area contributed by atoms with Crippen LogP contribution >= 0.6 is 0 Å². The maximum Gasteiger partial charge on any atom is 0.163 e. The molecule has 202 valence electrons. The Labute approximate surface area is 249 Å². The Balaban J connectivity index is 1.22. The molecule has 0 aliphatic rings. The first-order chi connectivity index (χ1) is 21.3. The van der Waals surface area contributed by atoms with Gasteiger partial charge in [-0.25, -0.2) is 15.0 Å². The van der Waals surface area contributed by atoms with Gasteiger partial charge in [0.15, 0.2) is 11.6 Å². The Morgan fingerprint density at radius 3 is 1.81 bits per heavy atom. The predicted molar refractivity (Wildman–Crippen MR) is 176 cm³/mol. The smallest absolute Gasteiger partial charge is 0.163 e. The summed E-state index contributed by atoms with van der Waals surface area (Å²) in [5.41, 5.74) is 6.29. The van der Waals surface area contributed by atoms with Crippen LogP contribution in [0.25, 0.3) is 66.4 Å². The van der Waals surface area contributed by atoms with Crippen molar-refractivity contribution in [2.24, 2.45) is 0 Å². The summed E-state index contributed by atoms with van der Waals surface area (Å²) < 4.78 is 0. The first-order valence-corrected chi connectivity index (χ1v) is 14.4. The van der Waals surface area contributed by atoms with Crippen LogP contribution in [0.3, 0.4) is 0 Å². The van der Waals surface area contributed by atoms with Crippen LogP contribution in [0.15, 0.2) is 146 Å². The highest BCUT2D eigenvalue weighted by Crippen LogP contribution is 2.30. The van der Waals surface area contributed by atoms with Gasteiger partial charge in [0.05, 0.1) is 5.52 Å². The quantitative estimate of drug-likeness (QED) is 0.214. The van der Waals surface area contributed by atoms with Crippen LogP contribution < -0.4 is 0 Å². The summed E-state index contributed by atoms with van der Waals surface area (Å²) in [7, 11) is 0. The molecule has 0 radical (unpaired) electrons. The summed E-state index contributed by atoms with van der Waals surface area (Å²) in [5.74, 6) is 2.08. The molecule has 0 aliphatic carbocycles. The van der Waals surface area contributed by atoms with Crippen LogP contribution in [-0.4, -0.2) is 19.9 Å². The molecule has 0 saturated carbocycles. The number of fused-ring (bicyclic) bond motifs is 3. The van der Waals surface area contributed by atoms with Crippen molar-refractivity contribution in [3.63, 3.8) is 0 Å². The average molecular weight is 551 g/mol. The van der Waals surface area contributed by atoms with Crippen molar-refractivity contribution in [1.29, 1.82) is 0 Å². The van der Waals surface area contributed by atoms with Crippen LogP contribution in [0.1, 0.15) is 11.4 Å². The topological polar surface area (TPSA) is 51.6 Å². The van der Waals surface area contributed by atoms with Crippen molar-refractivity contribution in [2.75, 3.05) is 0 Å². The van der Waals surface area contributed by atoms with Crippen LogP contribution in [-0.2, 0) is 6.42 Å². The Hall–Kier alpha value is -5.74. The second-order valence-electron chi connectivity index (χ2n) is 10.8. The third kappa shape index (κ3) is 4.89. The van der Waals surface area contributed by atoms with E-state index in [2.05, 4.69) is 138 Å². The number of nitrogens with zero attached hydrogens (tertiary/aromatic N) is 4. The zero-order valence-electron chi connectivity index (χ0n) is 23.4. The maximum absolute atomic E-state index is 4.99. The van der Waals surface area contributed by atoms with Crippen molar-refractivity contribution in [2.45, 2.75) is 6.42 Å². The number of pyridine rings is 1. The van der Waals surface area contributed by atoms with Crippen LogP contribution in [0, 0.1) is 0 Å². The molecule has 8 rings (SSSR count). The molecule has 4 heteroatoms. The molecule has 2 heterocycles. The van der Waals surface area contributed by atoms with Gasteiger partial charge in [-0.3, -0.25) is 4.98 Å². The van der Waals surface area contributed by atoms with E-state index in [1.807, 2.05) is 12.3 Å². The Bertz CT molecular complexity index is 2270. The minimum atomic E-state index is 0.612. The molecule has 0 bridgehead atoms. The number of hydrogen-bond donors (Lipinski definition) is 0. The molecule has 43 heavy (non-hydrogen) atoms. The van der Waals surface area contributed by atoms with Gasteiger partial charge in [0, 0.05) is 34.7 Å². The van der Waals surface area contributed by atoms with E-state index < -0.39 is 0 Å². The van der Waals surface area contributed by atoms with E-state index in [0.29, 0.717) is 18.1 Å². The zero-order valence-corrected chi connectivity index (χ0v) is 23.4. The van der Waals surface area contributed by atoms with Crippen LogP contribution in [0.4, 0.5) is 0 Å². The third-order valence-electron chi connectivity index (χ3n) is 7.95. The molecule has 0 spiro atoms. The fourth-order valence-electron chi connectivity index (χ4n) is 5.75. The summed E-state index contributed by atoms with van der Waals surface area (Å²) in [6, 6.07) is 48.5. The molecular weight excluding hydrogens is 524 g/mol. The van der Waals surface area contributed by atoms with Crippen LogP contribution in [0.2, 0.25) is 0 Å². The van der Waals surface area contributed by atoms with Gasteiger partial charge in [-0.05, 0) is 44.8 Å². The fourth-order valence-corrected chi connectivity index (χ4v) is 5.75. The lowest BCUT2D eigenvalue weighted by Gasteiger charge is -2.10. The number of aromatic nitrogens is 4. The number of benzene rings is 6. The van der Waals surface area contributed by atoms with Crippen molar-refractivity contribution in [1.82, 2.24) is 19.9 Å². The van der Waals surface area contributed by atoms with Gasteiger partial charge in [0.2, 0.25) is 0 Å². The second kappa shape index (κ2) is 10.6. The van der Waals surface area contributed by atoms with Gasteiger partial charge in [-0.1, -0.05) is 127 Å². The van der Waals surface area contributed by atoms with E-state index in [-0.39, 0.29) is 0 Å². The zero-order chi connectivity index (χ0) is 28.6. The second-order valence-corrected chi connectivity index (χ2v) is 10.8. The monoisotopic (exact) mass is 550 g/mol. The lowest BCUT2D eigenvalue weighted by molar-refractivity contribution is 0.934. The average Bonchev–Trinajstić information content (AvgIpc) is 3.08. The predicted octanol–water partition coefficient (Wildman–Crippen LogP) is 9.32. The van der Waals surface area contributed by atoms with E-state index in [1.54, 1.807) is 0 Å². The molecule has 8 aromatic rings. The molecule has 0 amide bonds. The molecule has 0 atom stereocenters. The van der Waals surface area contributed by atoms with E-state index >= 15 is 0 Å². The third-order valence-corrected chi connectivity index (χ3v) is 7.95. The number of para-hydroxylation sites is 1. The fraction of sp³-hybridized carbons (Fsp3) is 0.0256. The number of hydrogen-bond acceptors (Lipinski definition) is 4. The minimum absolute atomic E-state index is 0.612. The summed E-state index contributed by atoms with van der Waals surface area (Å²) in [6.45, 7) is 0. The van der Waals surface area contributed by atoms with Gasteiger partial charge in [-0.2, -0.15) is 0 Å². The highest BCUT2D eigenvalue weighted by molar-refractivity contribution is 5.93. The molecular formula is C39H26N4. The van der Waals surface area contributed by atoms with Crippen molar-refractivity contribution in [3.05, 3.63) is 157 Å². The Kier molecular flexibility index (Phi) is 6.16. The first kappa shape index (κ1) is 25.0. The summed E-state index contributed by atoms with van der Waals surface area (Å²) >= 11 is 0. The largest absolute Gasteiger partial charge is 0.256 e. The van der Waals surface area contributed by atoms with Crippen LogP contribution in [0.5, 0.6) is 0 Å². The molecule has 0 fully saturated rings. The molecule has 0 aliphatic heterocycles. The Morgan fingerprint density at radius 1 is 0.419 bits per heavy atom. The SMILES string of the molecule is c1ccc2cc(Cc3nc(-c4ccc(-c5cccc6cccnc56)cc4)nc(-c4ccc5ccccc5c4)n3)ccc2c1. The lowest BCUT2D eigenvalue weighted by Crippen LogP contribution is -2.04. The molecule has 4 nitrogen and oxygen atoms in total. The molecule has 2 aromatic heterocycles. The van der Waals surface area contributed by atoms with Gasteiger partial charge in [0.1, 0.15) is 5.82 Å². The first-order valence-electron chi connectivity index (χ1n) is 14.4. The molecule has 6 aromatic carbocycles. The Morgan fingerprint density at radius 2 is 1.02 bits per heavy atom. The summed E-state index contributed by atoms with van der Waals surface area (Å²) in [4.78, 5) is 19.6. The van der Waals surface area contributed by atoms with Crippen molar-refractivity contribution >= 4 is 32.4 Å². The number of rotatable bonds is 5. The highest BCUT2D eigenvalue weighted by Gasteiger charge is 2.13. The van der Waals surface area contributed by atoms with Crippen molar-refractivity contribution in [3.8, 4) is 33.9 Å². The molecule has 0 saturated heterocycles. The summed E-state index contributed by atoms with van der Waals surface area (Å²) in [5, 5.41) is 5.91. The maximum atomic E-state index is 4.99. The normalized spacial score (nSPS) is 11.3. The van der Waals surface area contributed by atoms with Gasteiger partial charge in [-0.15, -0.1) is 0 Å². The van der Waals surface area contributed by atoms with E-state index in [9.17, 15) is 0 Å².